The van der Waals surface area contributed by atoms with Crippen LogP contribution in [-0.4, -0.2) is 24.3 Å². The van der Waals surface area contributed by atoms with Crippen LogP contribution in [0.5, 0.6) is 17.2 Å². The number of amides is 1. The Kier molecular flexibility index (Phi) is 4.45. The van der Waals surface area contributed by atoms with Crippen molar-refractivity contribution in [3.8, 4) is 17.2 Å². The lowest BCUT2D eigenvalue weighted by atomic mass is 10.2. The third-order valence-corrected chi connectivity index (χ3v) is 4.66. The SMILES string of the molecule is CCOc1ccc2nc(NC(=O)C=Cc3ccc4c(c3)OCO4)sc2c1. The molecule has 1 aliphatic heterocycles. The standard InChI is InChI=1S/C19H16N2O4S/c1-2-23-13-5-6-14-17(10-13)26-19(20-14)21-18(22)8-4-12-3-7-15-16(9-12)25-11-24-15/h3-10H,2,11H2,1H3,(H,20,21,22). The van der Waals surface area contributed by atoms with Gasteiger partial charge in [0, 0.05) is 6.08 Å². The summed E-state index contributed by atoms with van der Waals surface area (Å²) in [6.07, 6.45) is 3.19. The zero-order valence-electron chi connectivity index (χ0n) is 14.0. The first-order chi connectivity index (χ1) is 12.7. The number of carbonyl (C=O) groups is 1. The van der Waals surface area contributed by atoms with Crippen molar-refractivity contribution in [3.05, 3.63) is 48.0 Å². The molecule has 0 saturated heterocycles. The van der Waals surface area contributed by atoms with Gasteiger partial charge in [-0.15, -0.1) is 0 Å². The molecule has 1 aromatic heterocycles. The molecule has 6 nitrogen and oxygen atoms in total. The summed E-state index contributed by atoms with van der Waals surface area (Å²) >= 11 is 1.41. The second kappa shape index (κ2) is 7.05. The fourth-order valence-corrected chi connectivity index (χ4v) is 3.45. The van der Waals surface area contributed by atoms with Crippen LogP contribution >= 0.6 is 11.3 Å². The zero-order chi connectivity index (χ0) is 17.9. The van der Waals surface area contributed by atoms with Gasteiger partial charge in [-0.05, 0) is 48.9 Å². The summed E-state index contributed by atoms with van der Waals surface area (Å²) in [7, 11) is 0. The number of benzene rings is 2. The molecule has 0 radical (unpaired) electrons. The van der Waals surface area contributed by atoms with E-state index in [9.17, 15) is 4.79 Å². The number of carbonyl (C=O) groups excluding carboxylic acids is 1. The molecule has 0 atom stereocenters. The number of hydrogen-bond acceptors (Lipinski definition) is 6. The van der Waals surface area contributed by atoms with Crippen molar-refractivity contribution in [2.75, 3.05) is 18.7 Å². The summed E-state index contributed by atoms with van der Waals surface area (Å²) in [6.45, 7) is 2.78. The van der Waals surface area contributed by atoms with Crippen LogP contribution in [-0.2, 0) is 4.79 Å². The average Bonchev–Trinajstić information content (AvgIpc) is 3.25. The molecule has 2 heterocycles. The van der Waals surface area contributed by atoms with E-state index in [0.29, 0.717) is 23.2 Å². The first-order valence-electron chi connectivity index (χ1n) is 8.13. The van der Waals surface area contributed by atoms with Crippen LogP contribution in [0.3, 0.4) is 0 Å². The molecule has 1 amide bonds. The number of nitrogens with one attached hydrogen (secondary N) is 1. The van der Waals surface area contributed by atoms with E-state index >= 15 is 0 Å². The average molecular weight is 368 g/mol. The zero-order valence-corrected chi connectivity index (χ0v) is 14.8. The molecule has 1 aliphatic rings. The van der Waals surface area contributed by atoms with Crippen molar-refractivity contribution in [1.82, 2.24) is 4.98 Å². The lowest BCUT2D eigenvalue weighted by Gasteiger charge is -2.00. The van der Waals surface area contributed by atoms with E-state index in [1.807, 2.05) is 43.3 Å². The predicted octanol–water partition coefficient (Wildman–Crippen LogP) is 4.08. The van der Waals surface area contributed by atoms with Gasteiger partial charge in [-0.2, -0.15) is 0 Å². The molecule has 2 aromatic carbocycles. The highest BCUT2D eigenvalue weighted by Crippen LogP contribution is 2.33. The van der Waals surface area contributed by atoms with Crippen molar-refractivity contribution < 1.29 is 19.0 Å². The van der Waals surface area contributed by atoms with E-state index < -0.39 is 0 Å². The highest BCUT2D eigenvalue weighted by Gasteiger charge is 2.12. The molecule has 0 unspecified atom stereocenters. The maximum Gasteiger partial charge on any atom is 0.250 e. The van der Waals surface area contributed by atoms with Crippen LogP contribution in [0.25, 0.3) is 16.3 Å². The van der Waals surface area contributed by atoms with Crippen LogP contribution < -0.4 is 19.5 Å². The van der Waals surface area contributed by atoms with Gasteiger partial charge in [0.1, 0.15) is 5.75 Å². The smallest absolute Gasteiger partial charge is 0.250 e. The minimum absolute atomic E-state index is 0.228. The highest BCUT2D eigenvalue weighted by atomic mass is 32.1. The van der Waals surface area contributed by atoms with Crippen LogP contribution in [0.2, 0.25) is 0 Å². The number of rotatable bonds is 5. The van der Waals surface area contributed by atoms with Gasteiger partial charge in [-0.3, -0.25) is 10.1 Å². The van der Waals surface area contributed by atoms with Crippen molar-refractivity contribution in [3.63, 3.8) is 0 Å². The van der Waals surface area contributed by atoms with Crippen LogP contribution in [0, 0.1) is 0 Å². The van der Waals surface area contributed by atoms with Gasteiger partial charge in [0.2, 0.25) is 12.7 Å². The first kappa shape index (κ1) is 16.4. The third-order valence-electron chi connectivity index (χ3n) is 3.72. The van der Waals surface area contributed by atoms with Gasteiger partial charge in [0.05, 0.1) is 16.8 Å². The molecule has 0 fully saturated rings. The van der Waals surface area contributed by atoms with E-state index in [-0.39, 0.29) is 12.7 Å². The number of anilines is 1. The molecule has 7 heteroatoms. The minimum atomic E-state index is -0.244. The number of hydrogen-bond donors (Lipinski definition) is 1. The number of fused-ring (bicyclic) bond motifs is 2. The van der Waals surface area contributed by atoms with Crippen molar-refractivity contribution in [1.29, 1.82) is 0 Å². The summed E-state index contributed by atoms with van der Waals surface area (Å²) in [5, 5.41) is 3.34. The predicted molar refractivity (Wildman–Crippen MR) is 101 cm³/mol. The quantitative estimate of drug-likeness (QED) is 0.687. The Morgan fingerprint density at radius 1 is 1.27 bits per heavy atom. The van der Waals surface area contributed by atoms with Gasteiger partial charge in [0.25, 0.3) is 0 Å². The Hall–Kier alpha value is -3.06. The maximum absolute atomic E-state index is 12.2. The summed E-state index contributed by atoms with van der Waals surface area (Å²) in [5.41, 5.74) is 1.68. The largest absolute Gasteiger partial charge is 0.494 e. The molecule has 26 heavy (non-hydrogen) atoms. The van der Waals surface area contributed by atoms with Crippen LogP contribution in [0.4, 0.5) is 5.13 Å². The fourth-order valence-electron chi connectivity index (χ4n) is 2.55. The van der Waals surface area contributed by atoms with Gasteiger partial charge < -0.3 is 14.2 Å². The summed E-state index contributed by atoms with van der Waals surface area (Å²) < 4.78 is 17.0. The second-order valence-corrected chi connectivity index (χ2v) is 6.55. The molecule has 132 valence electrons. The molecule has 0 aliphatic carbocycles. The number of aromatic nitrogens is 1. The molecule has 0 saturated carbocycles. The molecular formula is C19H16N2O4S. The van der Waals surface area contributed by atoms with Crippen LogP contribution in [0.1, 0.15) is 12.5 Å². The van der Waals surface area contributed by atoms with Gasteiger partial charge in [-0.25, -0.2) is 4.98 Å². The Labute approximate surface area is 154 Å². The lowest BCUT2D eigenvalue weighted by molar-refractivity contribution is -0.111. The van der Waals surface area contributed by atoms with E-state index in [1.54, 1.807) is 6.08 Å². The number of thiazole rings is 1. The van der Waals surface area contributed by atoms with Gasteiger partial charge >= 0.3 is 0 Å². The van der Waals surface area contributed by atoms with Gasteiger partial charge in [-0.1, -0.05) is 17.4 Å². The first-order valence-corrected chi connectivity index (χ1v) is 8.95. The van der Waals surface area contributed by atoms with Crippen LogP contribution in [0.15, 0.2) is 42.5 Å². The van der Waals surface area contributed by atoms with E-state index in [4.69, 9.17) is 14.2 Å². The monoisotopic (exact) mass is 368 g/mol. The third kappa shape index (κ3) is 3.48. The molecule has 0 spiro atoms. The maximum atomic E-state index is 12.2. The Morgan fingerprint density at radius 2 is 2.15 bits per heavy atom. The molecule has 3 aromatic rings. The minimum Gasteiger partial charge on any atom is -0.494 e. The summed E-state index contributed by atoms with van der Waals surface area (Å²) in [5.74, 6) is 1.95. The molecular weight excluding hydrogens is 352 g/mol. The summed E-state index contributed by atoms with van der Waals surface area (Å²) in [6, 6.07) is 11.2. The second-order valence-electron chi connectivity index (χ2n) is 5.52. The normalized spacial score (nSPS) is 12.7. The van der Waals surface area contributed by atoms with E-state index in [0.717, 1.165) is 21.5 Å². The molecule has 1 N–H and O–H groups in total. The Balaban J connectivity index is 1.45. The Morgan fingerprint density at radius 3 is 3.04 bits per heavy atom. The lowest BCUT2D eigenvalue weighted by Crippen LogP contribution is -2.07. The summed E-state index contributed by atoms with van der Waals surface area (Å²) in [4.78, 5) is 16.6. The van der Waals surface area contributed by atoms with Crippen molar-refractivity contribution >= 4 is 38.7 Å². The fraction of sp³-hybridized carbons (Fsp3) is 0.158. The topological polar surface area (TPSA) is 69.7 Å². The highest BCUT2D eigenvalue weighted by molar-refractivity contribution is 7.22. The Bertz CT molecular complexity index is 996. The van der Waals surface area contributed by atoms with Gasteiger partial charge in [0.15, 0.2) is 16.6 Å². The number of ether oxygens (including phenoxy) is 3. The number of nitrogens with zero attached hydrogens (tertiary/aromatic N) is 1. The van der Waals surface area contributed by atoms with Crippen molar-refractivity contribution in [2.45, 2.75) is 6.92 Å². The van der Waals surface area contributed by atoms with Crippen molar-refractivity contribution in [2.24, 2.45) is 0 Å². The molecule has 0 bridgehead atoms. The molecule has 4 rings (SSSR count). The van der Waals surface area contributed by atoms with E-state index in [2.05, 4.69) is 10.3 Å². The van der Waals surface area contributed by atoms with E-state index in [1.165, 1.54) is 17.4 Å².